The van der Waals surface area contributed by atoms with E-state index >= 15 is 0 Å². The molecule has 0 aliphatic rings. The molecule has 0 heterocycles. The van der Waals surface area contributed by atoms with Gasteiger partial charge in [-0.2, -0.15) is 0 Å². The van der Waals surface area contributed by atoms with Crippen LogP contribution in [0.5, 0.6) is 0 Å². The molecular weight excluding hydrogens is 416 g/mol. The lowest BCUT2D eigenvalue weighted by atomic mass is 10.1. The van der Waals surface area contributed by atoms with Crippen LogP contribution in [0.15, 0.2) is 78.9 Å². The van der Waals surface area contributed by atoms with Crippen LogP contribution in [0.25, 0.3) is 0 Å². The highest BCUT2D eigenvalue weighted by molar-refractivity contribution is 6.06. The second-order valence-electron chi connectivity index (χ2n) is 7.52. The fraction of sp³-hybridized carbons (Fsp3) is 0.192. The van der Waals surface area contributed by atoms with E-state index in [0.717, 1.165) is 12.1 Å². The summed E-state index contributed by atoms with van der Waals surface area (Å²) in [6.07, 6.45) is 0.864. The van der Waals surface area contributed by atoms with Gasteiger partial charge in [-0.3, -0.25) is 14.4 Å². The van der Waals surface area contributed by atoms with Gasteiger partial charge in [-0.05, 0) is 61.0 Å². The van der Waals surface area contributed by atoms with Crippen LogP contribution in [0.1, 0.15) is 34.1 Å². The molecule has 0 fully saturated rings. The molecule has 3 amide bonds. The summed E-state index contributed by atoms with van der Waals surface area (Å²) in [6, 6.07) is 23.2. The molecule has 0 bridgehead atoms. The van der Waals surface area contributed by atoms with Gasteiger partial charge in [0.2, 0.25) is 5.91 Å². The Morgan fingerprint density at radius 2 is 1.55 bits per heavy atom. The van der Waals surface area contributed by atoms with Crippen molar-refractivity contribution in [2.75, 3.05) is 35.7 Å². The van der Waals surface area contributed by atoms with Crippen LogP contribution in [0.4, 0.5) is 17.1 Å². The summed E-state index contributed by atoms with van der Waals surface area (Å²) in [5, 5.41) is 8.65. The molecule has 0 atom stereocenters. The van der Waals surface area contributed by atoms with Gasteiger partial charge in [0.25, 0.3) is 11.8 Å². The first kappa shape index (κ1) is 23.5. The molecule has 0 aliphatic carbocycles. The summed E-state index contributed by atoms with van der Waals surface area (Å²) in [7, 11) is 1.72. The molecule has 0 aromatic heterocycles. The minimum absolute atomic E-state index is 0.0391. The van der Waals surface area contributed by atoms with E-state index in [2.05, 4.69) is 16.0 Å². The van der Waals surface area contributed by atoms with E-state index in [1.165, 1.54) is 0 Å². The first-order valence-electron chi connectivity index (χ1n) is 10.8. The maximum Gasteiger partial charge on any atom is 0.258 e. The number of hydrogen-bond donors (Lipinski definition) is 3. The van der Waals surface area contributed by atoms with Crippen LogP contribution in [-0.4, -0.2) is 37.9 Å². The average molecular weight is 445 g/mol. The van der Waals surface area contributed by atoms with Gasteiger partial charge in [0, 0.05) is 41.8 Å². The molecule has 7 heteroatoms. The Kier molecular flexibility index (Phi) is 8.18. The molecule has 0 saturated heterocycles. The molecule has 33 heavy (non-hydrogen) atoms. The molecule has 7 nitrogen and oxygen atoms in total. The molecule has 3 aromatic carbocycles. The predicted octanol–water partition coefficient (Wildman–Crippen LogP) is 4.15. The molecule has 0 unspecified atom stereocenters. The van der Waals surface area contributed by atoms with Crippen molar-refractivity contribution in [3.63, 3.8) is 0 Å². The Hall–Kier alpha value is -4.13. The first-order chi connectivity index (χ1) is 16.0. The quantitative estimate of drug-likeness (QED) is 0.462. The molecular formula is C26H28N4O3. The topological polar surface area (TPSA) is 90.5 Å². The maximum atomic E-state index is 12.7. The van der Waals surface area contributed by atoms with E-state index in [1.54, 1.807) is 60.5 Å². The van der Waals surface area contributed by atoms with Crippen molar-refractivity contribution in [1.29, 1.82) is 0 Å². The summed E-state index contributed by atoms with van der Waals surface area (Å²) >= 11 is 0. The van der Waals surface area contributed by atoms with Crippen molar-refractivity contribution in [3.8, 4) is 0 Å². The third-order valence-corrected chi connectivity index (χ3v) is 4.98. The van der Waals surface area contributed by atoms with Gasteiger partial charge in [0.05, 0.1) is 6.54 Å². The van der Waals surface area contributed by atoms with E-state index in [0.29, 0.717) is 29.0 Å². The van der Waals surface area contributed by atoms with Crippen LogP contribution in [0.3, 0.4) is 0 Å². The summed E-state index contributed by atoms with van der Waals surface area (Å²) in [5.41, 5.74) is 3.13. The van der Waals surface area contributed by atoms with Gasteiger partial charge < -0.3 is 20.9 Å². The van der Waals surface area contributed by atoms with Crippen molar-refractivity contribution >= 4 is 34.8 Å². The number of nitrogens with one attached hydrogen (secondary N) is 3. The Morgan fingerprint density at radius 3 is 2.24 bits per heavy atom. The third kappa shape index (κ3) is 6.67. The third-order valence-electron chi connectivity index (χ3n) is 4.98. The number of anilines is 3. The van der Waals surface area contributed by atoms with Crippen LogP contribution in [0, 0.1) is 0 Å². The number of para-hydroxylation sites is 1. The fourth-order valence-electron chi connectivity index (χ4n) is 3.16. The van der Waals surface area contributed by atoms with Crippen LogP contribution in [-0.2, 0) is 4.79 Å². The number of amides is 3. The van der Waals surface area contributed by atoms with Crippen molar-refractivity contribution in [3.05, 3.63) is 90.0 Å². The lowest BCUT2D eigenvalue weighted by molar-refractivity contribution is -0.114. The van der Waals surface area contributed by atoms with E-state index in [4.69, 9.17) is 0 Å². The zero-order valence-electron chi connectivity index (χ0n) is 18.8. The molecule has 170 valence electrons. The Labute approximate surface area is 193 Å². The Bertz CT molecular complexity index is 1100. The second-order valence-corrected chi connectivity index (χ2v) is 7.52. The molecule has 0 saturated carbocycles. The Balaban J connectivity index is 1.53. The first-order valence-corrected chi connectivity index (χ1v) is 10.8. The number of hydrogen-bond acceptors (Lipinski definition) is 4. The second kappa shape index (κ2) is 11.5. The van der Waals surface area contributed by atoms with Crippen molar-refractivity contribution in [1.82, 2.24) is 5.32 Å². The summed E-state index contributed by atoms with van der Waals surface area (Å²) in [6.45, 7) is 2.65. The highest BCUT2D eigenvalue weighted by atomic mass is 16.2. The van der Waals surface area contributed by atoms with Gasteiger partial charge in [-0.25, -0.2) is 0 Å². The molecule has 3 rings (SSSR count). The lowest BCUT2D eigenvalue weighted by Crippen LogP contribution is -2.26. The normalized spacial score (nSPS) is 10.2. The maximum absolute atomic E-state index is 12.7. The number of nitrogens with zero attached hydrogens (tertiary/aromatic N) is 1. The number of carbonyl (C=O) groups is 3. The standard InChI is InChI=1S/C26H28N4O3/c1-3-16-27-25(32)20-8-7-9-22(17-20)28-18-24(31)29-21-14-12-19(13-15-21)26(33)30(2)23-10-5-4-6-11-23/h4-15,17,28H,3,16,18H2,1-2H3,(H,27,32)(H,29,31). The summed E-state index contributed by atoms with van der Waals surface area (Å²) in [5.74, 6) is -0.516. The zero-order chi connectivity index (χ0) is 23.6. The van der Waals surface area contributed by atoms with Crippen LogP contribution in [0.2, 0.25) is 0 Å². The van der Waals surface area contributed by atoms with E-state index in [1.807, 2.05) is 37.3 Å². The summed E-state index contributed by atoms with van der Waals surface area (Å²) in [4.78, 5) is 38.7. The minimum atomic E-state index is -0.240. The molecule has 0 radical (unpaired) electrons. The number of benzene rings is 3. The Morgan fingerprint density at radius 1 is 0.818 bits per heavy atom. The van der Waals surface area contributed by atoms with E-state index < -0.39 is 0 Å². The predicted molar refractivity (Wildman–Crippen MR) is 132 cm³/mol. The van der Waals surface area contributed by atoms with Gasteiger partial charge in [0.1, 0.15) is 0 Å². The molecule has 3 aromatic rings. The molecule has 0 aliphatic heterocycles. The lowest BCUT2D eigenvalue weighted by Gasteiger charge is -2.17. The largest absolute Gasteiger partial charge is 0.376 e. The monoisotopic (exact) mass is 444 g/mol. The van der Waals surface area contributed by atoms with Crippen molar-refractivity contribution in [2.24, 2.45) is 0 Å². The highest BCUT2D eigenvalue weighted by Gasteiger charge is 2.13. The van der Waals surface area contributed by atoms with E-state index in [-0.39, 0.29) is 24.3 Å². The molecule has 0 spiro atoms. The number of carbonyl (C=O) groups excluding carboxylic acids is 3. The van der Waals surface area contributed by atoms with Crippen LogP contribution >= 0.6 is 0 Å². The van der Waals surface area contributed by atoms with Crippen LogP contribution < -0.4 is 20.9 Å². The van der Waals surface area contributed by atoms with Gasteiger partial charge >= 0.3 is 0 Å². The average Bonchev–Trinajstić information content (AvgIpc) is 2.86. The van der Waals surface area contributed by atoms with Crippen molar-refractivity contribution in [2.45, 2.75) is 13.3 Å². The molecule has 3 N–H and O–H groups in total. The van der Waals surface area contributed by atoms with Gasteiger partial charge in [-0.15, -0.1) is 0 Å². The van der Waals surface area contributed by atoms with Gasteiger partial charge in [0.15, 0.2) is 0 Å². The van der Waals surface area contributed by atoms with E-state index in [9.17, 15) is 14.4 Å². The minimum Gasteiger partial charge on any atom is -0.376 e. The summed E-state index contributed by atoms with van der Waals surface area (Å²) < 4.78 is 0. The van der Waals surface area contributed by atoms with Crippen molar-refractivity contribution < 1.29 is 14.4 Å². The highest BCUT2D eigenvalue weighted by Crippen LogP contribution is 2.17. The smallest absolute Gasteiger partial charge is 0.258 e. The number of rotatable bonds is 9. The van der Waals surface area contributed by atoms with Gasteiger partial charge in [-0.1, -0.05) is 31.2 Å². The zero-order valence-corrected chi connectivity index (χ0v) is 18.8. The SMILES string of the molecule is CCCNC(=O)c1cccc(NCC(=O)Nc2ccc(C(=O)N(C)c3ccccc3)cc2)c1. The fourth-order valence-corrected chi connectivity index (χ4v) is 3.16.